The monoisotopic (exact) mass is 368 g/mol. The zero-order valence-corrected chi connectivity index (χ0v) is 15.7. The summed E-state index contributed by atoms with van der Waals surface area (Å²) in [6, 6.07) is 14.2. The Morgan fingerprint density at radius 3 is 2.67 bits per heavy atom. The molecule has 0 radical (unpaired) electrons. The van der Waals surface area contributed by atoms with Crippen LogP contribution in [0.5, 0.6) is 0 Å². The molecule has 27 heavy (non-hydrogen) atoms. The van der Waals surface area contributed by atoms with Crippen LogP contribution in [0.4, 0.5) is 10.1 Å². The van der Waals surface area contributed by atoms with Gasteiger partial charge in [0.2, 0.25) is 11.8 Å². The predicted octanol–water partition coefficient (Wildman–Crippen LogP) is 4.01. The van der Waals surface area contributed by atoms with Gasteiger partial charge in [-0.1, -0.05) is 50.2 Å². The van der Waals surface area contributed by atoms with Crippen molar-refractivity contribution in [3.05, 3.63) is 65.5 Å². The average molecular weight is 368 g/mol. The highest BCUT2D eigenvalue weighted by Gasteiger charge is 2.36. The molecule has 1 aliphatic heterocycles. The van der Waals surface area contributed by atoms with Crippen molar-refractivity contribution in [2.75, 3.05) is 11.4 Å². The molecule has 1 aliphatic rings. The van der Waals surface area contributed by atoms with Crippen molar-refractivity contribution >= 4 is 17.5 Å². The minimum atomic E-state index is -0.422. The standard InChI is InChI=1S/C22H25FN2O2/c1-3-15(2)18-9-5-7-11-20(18)25-14-17(12-21(25)26)22(27)24-13-16-8-4-6-10-19(16)23/h4-11,15,17H,3,12-14H2,1-2H3,(H,24,27)/t15-,17-/m1/s1. The van der Waals surface area contributed by atoms with Gasteiger partial charge in [0.15, 0.2) is 0 Å². The molecule has 0 spiro atoms. The van der Waals surface area contributed by atoms with E-state index in [9.17, 15) is 14.0 Å². The molecule has 5 heteroatoms. The van der Waals surface area contributed by atoms with Crippen LogP contribution in [0, 0.1) is 11.7 Å². The third-order valence-corrected chi connectivity index (χ3v) is 5.28. The summed E-state index contributed by atoms with van der Waals surface area (Å²) in [5.74, 6) is -0.687. The Labute approximate surface area is 159 Å². The molecule has 0 unspecified atom stereocenters. The van der Waals surface area contributed by atoms with Crippen LogP contribution in [0.1, 0.15) is 43.7 Å². The van der Waals surface area contributed by atoms with Gasteiger partial charge in [-0.2, -0.15) is 0 Å². The number of hydrogen-bond donors (Lipinski definition) is 1. The molecule has 1 heterocycles. The second-order valence-electron chi connectivity index (χ2n) is 7.08. The van der Waals surface area contributed by atoms with Gasteiger partial charge < -0.3 is 10.2 Å². The van der Waals surface area contributed by atoms with Gasteiger partial charge in [0.25, 0.3) is 0 Å². The number of carbonyl (C=O) groups excluding carboxylic acids is 2. The van der Waals surface area contributed by atoms with E-state index in [1.54, 1.807) is 23.1 Å². The molecule has 2 amide bonds. The number of nitrogens with one attached hydrogen (secondary N) is 1. The summed E-state index contributed by atoms with van der Waals surface area (Å²) < 4.78 is 13.7. The number of nitrogens with zero attached hydrogens (tertiary/aromatic N) is 1. The molecule has 0 saturated carbocycles. The van der Waals surface area contributed by atoms with E-state index in [0.717, 1.165) is 17.7 Å². The SMILES string of the molecule is CC[C@@H](C)c1ccccc1N1C[C@H](C(=O)NCc2ccccc2F)CC1=O. The van der Waals surface area contributed by atoms with Crippen LogP contribution in [0.3, 0.4) is 0 Å². The lowest BCUT2D eigenvalue weighted by atomic mass is 9.96. The van der Waals surface area contributed by atoms with E-state index in [1.807, 2.05) is 24.3 Å². The fourth-order valence-electron chi connectivity index (χ4n) is 3.45. The third-order valence-electron chi connectivity index (χ3n) is 5.28. The van der Waals surface area contributed by atoms with Crippen molar-refractivity contribution < 1.29 is 14.0 Å². The predicted molar refractivity (Wildman–Crippen MR) is 104 cm³/mol. The Bertz CT molecular complexity index is 837. The van der Waals surface area contributed by atoms with E-state index in [0.29, 0.717) is 18.0 Å². The van der Waals surface area contributed by atoms with Gasteiger partial charge in [-0.3, -0.25) is 9.59 Å². The fourth-order valence-corrected chi connectivity index (χ4v) is 3.45. The normalized spacial score (nSPS) is 17.8. The number of hydrogen-bond acceptors (Lipinski definition) is 2. The third kappa shape index (κ3) is 4.18. The molecule has 1 saturated heterocycles. The topological polar surface area (TPSA) is 49.4 Å². The van der Waals surface area contributed by atoms with Crippen molar-refractivity contribution in [2.45, 2.75) is 39.2 Å². The molecule has 142 valence electrons. The van der Waals surface area contributed by atoms with Crippen molar-refractivity contribution in [2.24, 2.45) is 5.92 Å². The summed E-state index contributed by atoms with van der Waals surface area (Å²) in [6.07, 6.45) is 1.16. The number of benzene rings is 2. The zero-order chi connectivity index (χ0) is 19.4. The lowest BCUT2D eigenvalue weighted by molar-refractivity contribution is -0.126. The molecule has 4 nitrogen and oxygen atoms in total. The van der Waals surface area contributed by atoms with Crippen LogP contribution >= 0.6 is 0 Å². The summed E-state index contributed by atoms with van der Waals surface area (Å²) in [5.41, 5.74) is 2.45. The van der Waals surface area contributed by atoms with Crippen molar-refractivity contribution in [3.8, 4) is 0 Å². The van der Waals surface area contributed by atoms with Crippen molar-refractivity contribution in [1.82, 2.24) is 5.32 Å². The Hall–Kier alpha value is -2.69. The maximum absolute atomic E-state index is 13.7. The molecule has 0 aliphatic carbocycles. The molecule has 2 atom stereocenters. The zero-order valence-electron chi connectivity index (χ0n) is 15.7. The first-order valence-electron chi connectivity index (χ1n) is 9.41. The number of para-hydroxylation sites is 1. The first-order valence-corrected chi connectivity index (χ1v) is 9.41. The minimum absolute atomic E-state index is 0.0446. The number of halogens is 1. The maximum Gasteiger partial charge on any atom is 0.227 e. The largest absolute Gasteiger partial charge is 0.352 e. The van der Waals surface area contributed by atoms with Gasteiger partial charge in [0.05, 0.1) is 5.92 Å². The summed E-state index contributed by atoms with van der Waals surface area (Å²) in [7, 11) is 0. The van der Waals surface area contributed by atoms with E-state index in [4.69, 9.17) is 0 Å². The van der Waals surface area contributed by atoms with Crippen LogP contribution in [0.2, 0.25) is 0 Å². The molecule has 2 aromatic rings. The highest BCUT2D eigenvalue weighted by Crippen LogP contribution is 2.33. The highest BCUT2D eigenvalue weighted by atomic mass is 19.1. The van der Waals surface area contributed by atoms with Crippen LogP contribution in [-0.4, -0.2) is 18.4 Å². The van der Waals surface area contributed by atoms with E-state index >= 15 is 0 Å². The van der Waals surface area contributed by atoms with E-state index in [1.165, 1.54) is 6.07 Å². The number of anilines is 1. The second-order valence-corrected chi connectivity index (χ2v) is 7.08. The first-order chi connectivity index (χ1) is 13.0. The van der Waals surface area contributed by atoms with Crippen LogP contribution in [0.25, 0.3) is 0 Å². The Morgan fingerprint density at radius 1 is 1.22 bits per heavy atom. The van der Waals surface area contributed by atoms with Gasteiger partial charge >= 0.3 is 0 Å². The molecule has 0 aromatic heterocycles. The summed E-state index contributed by atoms with van der Waals surface area (Å²) in [6.45, 7) is 4.74. The number of carbonyl (C=O) groups is 2. The summed E-state index contributed by atoms with van der Waals surface area (Å²) in [5, 5.41) is 2.77. The molecular formula is C22H25FN2O2. The molecule has 2 aromatic carbocycles. The highest BCUT2D eigenvalue weighted by molar-refractivity contribution is 6.00. The Balaban J connectivity index is 1.69. The van der Waals surface area contributed by atoms with Gasteiger partial charge in [0, 0.05) is 30.8 Å². The van der Waals surface area contributed by atoms with Crippen LogP contribution in [-0.2, 0) is 16.1 Å². The van der Waals surface area contributed by atoms with Crippen LogP contribution < -0.4 is 10.2 Å². The van der Waals surface area contributed by atoms with Crippen molar-refractivity contribution in [3.63, 3.8) is 0 Å². The average Bonchev–Trinajstić information content (AvgIpc) is 3.08. The lowest BCUT2D eigenvalue weighted by Gasteiger charge is -2.23. The minimum Gasteiger partial charge on any atom is -0.352 e. The number of rotatable bonds is 6. The van der Waals surface area contributed by atoms with Crippen LogP contribution in [0.15, 0.2) is 48.5 Å². The van der Waals surface area contributed by atoms with E-state index < -0.39 is 5.92 Å². The lowest BCUT2D eigenvalue weighted by Crippen LogP contribution is -2.33. The van der Waals surface area contributed by atoms with Crippen molar-refractivity contribution in [1.29, 1.82) is 0 Å². The fraction of sp³-hybridized carbons (Fsp3) is 0.364. The second kappa shape index (κ2) is 8.33. The first kappa shape index (κ1) is 19.1. The summed E-state index contributed by atoms with van der Waals surface area (Å²) in [4.78, 5) is 26.8. The Kier molecular flexibility index (Phi) is 5.89. The maximum atomic E-state index is 13.7. The quantitative estimate of drug-likeness (QED) is 0.838. The van der Waals surface area contributed by atoms with E-state index in [-0.39, 0.29) is 30.6 Å². The molecular weight excluding hydrogens is 343 g/mol. The Morgan fingerprint density at radius 2 is 1.93 bits per heavy atom. The molecule has 1 N–H and O–H groups in total. The van der Waals surface area contributed by atoms with Gasteiger partial charge in [-0.05, 0) is 30.0 Å². The number of amides is 2. The van der Waals surface area contributed by atoms with Gasteiger partial charge in [-0.25, -0.2) is 4.39 Å². The molecule has 3 rings (SSSR count). The van der Waals surface area contributed by atoms with E-state index in [2.05, 4.69) is 19.2 Å². The van der Waals surface area contributed by atoms with Gasteiger partial charge in [0.1, 0.15) is 5.82 Å². The molecule has 0 bridgehead atoms. The van der Waals surface area contributed by atoms with Gasteiger partial charge in [-0.15, -0.1) is 0 Å². The smallest absolute Gasteiger partial charge is 0.227 e. The summed E-state index contributed by atoms with van der Waals surface area (Å²) >= 11 is 0. The molecule has 1 fully saturated rings.